The van der Waals surface area contributed by atoms with Gasteiger partial charge in [-0.25, -0.2) is 0 Å². The number of fused-ring (bicyclic) bond motifs is 1. The molecular formula is C20H24N4O. The van der Waals surface area contributed by atoms with Crippen molar-refractivity contribution in [2.24, 2.45) is 7.05 Å². The molecule has 3 heterocycles. The van der Waals surface area contributed by atoms with Gasteiger partial charge < -0.3 is 9.47 Å². The average molecular weight is 336 g/mol. The molecular weight excluding hydrogens is 312 g/mol. The maximum absolute atomic E-state index is 13.2. The van der Waals surface area contributed by atoms with Crippen LogP contribution in [0.15, 0.2) is 36.4 Å². The predicted octanol–water partition coefficient (Wildman–Crippen LogP) is 3.30. The lowest BCUT2D eigenvalue weighted by Gasteiger charge is -2.25. The van der Waals surface area contributed by atoms with Gasteiger partial charge in [-0.2, -0.15) is 5.10 Å². The predicted molar refractivity (Wildman–Crippen MR) is 98.7 cm³/mol. The standard InChI is InChI=1S/C20H24N4O/c1-14-11-15(2)24(21-14)13-17-8-6-10-23(17)20(25)19-12-16-7-4-5-9-18(16)22(19)3/h4-5,7,9,11-12,17H,6,8,10,13H2,1-3H3. The second kappa shape index (κ2) is 6.06. The maximum atomic E-state index is 13.2. The number of hydrogen-bond acceptors (Lipinski definition) is 2. The van der Waals surface area contributed by atoms with Gasteiger partial charge in [-0.05, 0) is 44.9 Å². The van der Waals surface area contributed by atoms with Crippen molar-refractivity contribution in [2.75, 3.05) is 6.54 Å². The fourth-order valence-electron chi connectivity index (χ4n) is 3.99. The molecule has 3 aromatic rings. The van der Waals surface area contributed by atoms with Crippen molar-refractivity contribution in [3.63, 3.8) is 0 Å². The Balaban J connectivity index is 1.61. The zero-order valence-electron chi connectivity index (χ0n) is 15.1. The van der Waals surface area contributed by atoms with E-state index in [1.807, 2.05) is 46.3 Å². The van der Waals surface area contributed by atoms with Gasteiger partial charge >= 0.3 is 0 Å². The second-order valence-electron chi connectivity index (χ2n) is 7.05. The van der Waals surface area contributed by atoms with E-state index in [-0.39, 0.29) is 11.9 Å². The highest BCUT2D eigenvalue weighted by Gasteiger charge is 2.31. The van der Waals surface area contributed by atoms with E-state index >= 15 is 0 Å². The van der Waals surface area contributed by atoms with Crippen molar-refractivity contribution < 1.29 is 4.79 Å². The van der Waals surface area contributed by atoms with E-state index < -0.39 is 0 Å². The lowest BCUT2D eigenvalue weighted by Crippen LogP contribution is -2.39. The van der Waals surface area contributed by atoms with Crippen molar-refractivity contribution in [1.82, 2.24) is 19.2 Å². The van der Waals surface area contributed by atoms with Crippen LogP contribution in [-0.2, 0) is 13.6 Å². The van der Waals surface area contributed by atoms with Crippen molar-refractivity contribution in [3.8, 4) is 0 Å². The third-order valence-corrected chi connectivity index (χ3v) is 5.30. The summed E-state index contributed by atoms with van der Waals surface area (Å²) in [4.78, 5) is 15.2. The van der Waals surface area contributed by atoms with Gasteiger partial charge in [-0.1, -0.05) is 18.2 Å². The normalized spacial score (nSPS) is 17.6. The van der Waals surface area contributed by atoms with E-state index in [1.165, 1.54) is 0 Å². The Labute approximate surface area is 147 Å². The number of aryl methyl sites for hydroxylation is 3. The molecule has 1 unspecified atom stereocenters. The summed E-state index contributed by atoms with van der Waals surface area (Å²) < 4.78 is 4.05. The van der Waals surface area contributed by atoms with Gasteiger partial charge in [-0.3, -0.25) is 9.48 Å². The van der Waals surface area contributed by atoms with E-state index in [9.17, 15) is 4.79 Å². The first-order valence-electron chi connectivity index (χ1n) is 8.91. The molecule has 0 radical (unpaired) electrons. The number of aromatic nitrogens is 3. The molecule has 1 amide bonds. The minimum atomic E-state index is 0.128. The Morgan fingerprint density at radius 1 is 1.24 bits per heavy atom. The number of hydrogen-bond donors (Lipinski definition) is 0. The largest absolute Gasteiger partial charge is 0.340 e. The summed E-state index contributed by atoms with van der Waals surface area (Å²) in [6.45, 7) is 5.68. The average Bonchev–Trinajstić information content (AvgIpc) is 3.27. The van der Waals surface area contributed by atoms with E-state index in [1.54, 1.807) is 0 Å². The van der Waals surface area contributed by atoms with Gasteiger partial charge in [0.15, 0.2) is 0 Å². The first kappa shape index (κ1) is 15.9. The van der Waals surface area contributed by atoms with Crippen LogP contribution in [-0.4, -0.2) is 37.7 Å². The minimum Gasteiger partial charge on any atom is -0.340 e. The van der Waals surface area contributed by atoms with Crippen LogP contribution in [0.1, 0.15) is 34.7 Å². The second-order valence-corrected chi connectivity index (χ2v) is 7.05. The molecule has 1 aliphatic heterocycles. The number of para-hydroxylation sites is 1. The quantitative estimate of drug-likeness (QED) is 0.736. The Kier molecular flexibility index (Phi) is 3.86. The lowest BCUT2D eigenvalue weighted by atomic mass is 10.2. The van der Waals surface area contributed by atoms with Gasteiger partial charge in [0.25, 0.3) is 5.91 Å². The molecule has 130 valence electrons. The topological polar surface area (TPSA) is 43.1 Å². The summed E-state index contributed by atoms with van der Waals surface area (Å²) >= 11 is 0. The van der Waals surface area contributed by atoms with Crippen LogP contribution in [0, 0.1) is 13.8 Å². The highest BCUT2D eigenvalue weighted by atomic mass is 16.2. The lowest BCUT2D eigenvalue weighted by molar-refractivity contribution is 0.0712. The van der Waals surface area contributed by atoms with Crippen molar-refractivity contribution in [1.29, 1.82) is 0 Å². The van der Waals surface area contributed by atoms with Gasteiger partial charge in [0, 0.05) is 30.2 Å². The summed E-state index contributed by atoms with van der Waals surface area (Å²) in [7, 11) is 1.97. The monoisotopic (exact) mass is 336 g/mol. The van der Waals surface area contributed by atoms with Crippen LogP contribution in [0.3, 0.4) is 0 Å². The molecule has 25 heavy (non-hydrogen) atoms. The smallest absolute Gasteiger partial charge is 0.270 e. The van der Waals surface area contributed by atoms with E-state index in [4.69, 9.17) is 0 Å². The number of nitrogens with zero attached hydrogens (tertiary/aromatic N) is 4. The summed E-state index contributed by atoms with van der Waals surface area (Å²) in [5.41, 5.74) is 4.05. The number of carbonyl (C=O) groups excluding carboxylic acids is 1. The molecule has 5 nitrogen and oxygen atoms in total. The Morgan fingerprint density at radius 2 is 2.04 bits per heavy atom. The van der Waals surface area contributed by atoms with E-state index in [2.05, 4.69) is 30.2 Å². The van der Waals surface area contributed by atoms with Crippen molar-refractivity contribution in [3.05, 3.63) is 53.5 Å². The van der Waals surface area contributed by atoms with Crippen LogP contribution in [0.2, 0.25) is 0 Å². The molecule has 0 aliphatic carbocycles. The molecule has 1 aromatic carbocycles. The summed E-state index contributed by atoms with van der Waals surface area (Å²) in [6.07, 6.45) is 2.09. The fraction of sp³-hybridized carbons (Fsp3) is 0.400. The van der Waals surface area contributed by atoms with E-state index in [0.717, 1.165) is 53.9 Å². The molecule has 0 N–H and O–H groups in total. The highest BCUT2D eigenvalue weighted by molar-refractivity contribution is 5.99. The zero-order valence-corrected chi connectivity index (χ0v) is 15.1. The van der Waals surface area contributed by atoms with Crippen molar-refractivity contribution >= 4 is 16.8 Å². The molecule has 1 aliphatic rings. The first-order valence-corrected chi connectivity index (χ1v) is 8.91. The van der Waals surface area contributed by atoms with Gasteiger partial charge in [0.05, 0.1) is 18.3 Å². The Hall–Kier alpha value is -2.56. The van der Waals surface area contributed by atoms with E-state index in [0.29, 0.717) is 0 Å². The Bertz CT molecular complexity index is 936. The van der Waals surface area contributed by atoms with Gasteiger partial charge in [-0.15, -0.1) is 0 Å². The molecule has 1 fully saturated rings. The van der Waals surface area contributed by atoms with Crippen LogP contribution in [0.4, 0.5) is 0 Å². The molecule has 5 heteroatoms. The third kappa shape index (κ3) is 2.73. The first-order chi connectivity index (χ1) is 12.0. The third-order valence-electron chi connectivity index (χ3n) is 5.30. The number of amides is 1. The minimum absolute atomic E-state index is 0.128. The Morgan fingerprint density at radius 3 is 2.76 bits per heavy atom. The number of rotatable bonds is 3. The zero-order chi connectivity index (χ0) is 17.6. The van der Waals surface area contributed by atoms with Gasteiger partial charge in [0.1, 0.15) is 5.69 Å². The van der Waals surface area contributed by atoms with Crippen LogP contribution >= 0.6 is 0 Å². The number of carbonyl (C=O) groups is 1. The summed E-state index contributed by atoms with van der Waals surface area (Å²) in [6, 6.07) is 12.5. The molecule has 1 saturated heterocycles. The van der Waals surface area contributed by atoms with Crippen LogP contribution < -0.4 is 0 Å². The molecule has 4 rings (SSSR count). The molecule has 2 aromatic heterocycles. The molecule has 0 bridgehead atoms. The fourth-order valence-corrected chi connectivity index (χ4v) is 3.99. The number of likely N-dealkylation sites (tertiary alicyclic amines) is 1. The van der Waals surface area contributed by atoms with Crippen LogP contribution in [0.5, 0.6) is 0 Å². The molecule has 1 atom stereocenters. The van der Waals surface area contributed by atoms with Crippen molar-refractivity contribution in [2.45, 2.75) is 39.3 Å². The van der Waals surface area contributed by atoms with Gasteiger partial charge in [0.2, 0.25) is 0 Å². The summed E-state index contributed by atoms with van der Waals surface area (Å²) in [5.74, 6) is 0.128. The SMILES string of the molecule is Cc1cc(C)n(CC2CCCN2C(=O)c2cc3ccccc3n2C)n1. The summed E-state index contributed by atoms with van der Waals surface area (Å²) in [5, 5.41) is 5.68. The molecule has 0 spiro atoms. The highest BCUT2D eigenvalue weighted by Crippen LogP contribution is 2.25. The molecule has 0 saturated carbocycles. The number of benzene rings is 1. The van der Waals surface area contributed by atoms with Crippen LogP contribution in [0.25, 0.3) is 10.9 Å². The maximum Gasteiger partial charge on any atom is 0.270 e.